The minimum absolute atomic E-state index is 0.111. The highest BCUT2D eigenvalue weighted by molar-refractivity contribution is 6.39. The van der Waals surface area contributed by atoms with Gasteiger partial charge in [-0.15, -0.1) is 0 Å². The molecule has 0 aliphatic carbocycles. The van der Waals surface area contributed by atoms with Crippen LogP contribution in [0, 0.1) is 17.2 Å². The van der Waals surface area contributed by atoms with Crippen molar-refractivity contribution in [2.75, 3.05) is 29.9 Å². The molecule has 11 heteroatoms. The van der Waals surface area contributed by atoms with Crippen molar-refractivity contribution in [1.29, 1.82) is 5.26 Å². The largest absolute Gasteiger partial charge is 0.416 e. The van der Waals surface area contributed by atoms with E-state index in [2.05, 4.69) is 20.6 Å². The van der Waals surface area contributed by atoms with Gasteiger partial charge in [0.25, 0.3) is 0 Å². The maximum absolute atomic E-state index is 12.8. The van der Waals surface area contributed by atoms with Gasteiger partial charge < -0.3 is 15.5 Å². The average Bonchev–Trinajstić information content (AvgIpc) is 2.77. The van der Waals surface area contributed by atoms with Gasteiger partial charge in [-0.05, 0) is 37.0 Å². The molecule has 31 heavy (non-hydrogen) atoms. The molecule has 2 amide bonds. The number of amides is 2. The van der Waals surface area contributed by atoms with Crippen molar-refractivity contribution in [3.8, 4) is 6.07 Å². The summed E-state index contributed by atoms with van der Waals surface area (Å²) in [4.78, 5) is 34.2. The summed E-state index contributed by atoms with van der Waals surface area (Å²) in [5.74, 6) is -1.31. The first-order valence-corrected chi connectivity index (χ1v) is 9.50. The molecule has 1 aliphatic rings. The van der Waals surface area contributed by atoms with Crippen molar-refractivity contribution in [2.45, 2.75) is 19.0 Å². The van der Waals surface area contributed by atoms with Crippen LogP contribution in [0.15, 0.2) is 36.7 Å². The van der Waals surface area contributed by atoms with Crippen LogP contribution in [0.5, 0.6) is 0 Å². The van der Waals surface area contributed by atoms with Crippen LogP contribution in [0.25, 0.3) is 0 Å². The minimum atomic E-state index is -4.54. The lowest BCUT2D eigenvalue weighted by Crippen LogP contribution is -2.42. The van der Waals surface area contributed by atoms with Crippen molar-refractivity contribution in [3.05, 3.63) is 47.9 Å². The molecule has 2 heterocycles. The van der Waals surface area contributed by atoms with Crippen LogP contribution in [0.3, 0.4) is 0 Å². The Balaban J connectivity index is 1.47. The highest BCUT2D eigenvalue weighted by atomic mass is 19.4. The van der Waals surface area contributed by atoms with Crippen LogP contribution >= 0.6 is 0 Å². The number of aromatic nitrogens is 2. The Morgan fingerprint density at radius 3 is 2.55 bits per heavy atom. The second kappa shape index (κ2) is 9.42. The van der Waals surface area contributed by atoms with E-state index in [1.807, 2.05) is 11.0 Å². The average molecular weight is 432 g/mol. The number of alkyl halides is 3. The molecule has 0 radical (unpaired) electrons. The topological polar surface area (TPSA) is 111 Å². The second-order valence-corrected chi connectivity index (χ2v) is 7.01. The third-order valence-corrected chi connectivity index (χ3v) is 4.90. The number of carbonyl (C=O) groups is 2. The Kier molecular flexibility index (Phi) is 6.69. The van der Waals surface area contributed by atoms with E-state index in [0.717, 1.165) is 18.2 Å². The van der Waals surface area contributed by atoms with E-state index in [1.165, 1.54) is 18.5 Å². The standard InChI is InChI=1S/C20H19F3N6O2/c21-20(22,23)14-2-1-3-15(10-14)28-19(31)18(30)27-12-13-4-8-29(9-5-13)17-16(11-24)25-6-7-26-17/h1-3,6-7,10,13H,4-5,8-9,12H2,(H,27,30)(H,28,31). The zero-order valence-corrected chi connectivity index (χ0v) is 16.3. The molecule has 162 valence electrons. The maximum Gasteiger partial charge on any atom is 0.416 e. The highest BCUT2D eigenvalue weighted by Crippen LogP contribution is 2.30. The predicted molar refractivity (Wildman–Crippen MR) is 105 cm³/mol. The van der Waals surface area contributed by atoms with Crippen LogP contribution in [0.1, 0.15) is 24.1 Å². The number of hydrogen-bond acceptors (Lipinski definition) is 6. The third-order valence-electron chi connectivity index (χ3n) is 4.90. The van der Waals surface area contributed by atoms with Crippen LogP contribution in [0.4, 0.5) is 24.7 Å². The van der Waals surface area contributed by atoms with Crippen molar-refractivity contribution >= 4 is 23.3 Å². The number of hydrogen-bond donors (Lipinski definition) is 2. The van der Waals surface area contributed by atoms with Gasteiger partial charge in [0.2, 0.25) is 0 Å². The van der Waals surface area contributed by atoms with E-state index >= 15 is 0 Å². The second-order valence-electron chi connectivity index (χ2n) is 7.01. The molecule has 0 atom stereocenters. The quantitative estimate of drug-likeness (QED) is 0.718. The fourth-order valence-corrected chi connectivity index (χ4v) is 3.27. The van der Waals surface area contributed by atoms with Crippen molar-refractivity contribution in [3.63, 3.8) is 0 Å². The summed E-state index contributed by atoms with van der Waals surface area (Å²) >= 11 is 0. The number of rotatable bonds is 4. The molecule has 0 spiro atoms. The summed E-state index contributed by atoms with van der Waals surface area (Å²) in [6, 6.07) is 6.08. The summed E-state index contributed by atoms with van der Waals surface area (Å²) in [7, 11) is 0. The molecule has 1 fully saturated rings. The van der Waals surface area contributed by atoms with Gasteiger partial charge in [0.15, 0.2) is 11.5 Å². The zero-order valence-electron chi connectivity index (χ0n) is 16.3. The van der Waals surface area contributed by atoms with Gasteiger partial charge in [-0.3, -0.25) is 9.59 Å². The van der Waals surface area contributed by atoms with Gasteiger partial charge in [0, 0.05) is 37.7 Å². The van der Waals surface area contributed by atoms with E-state index in [4.69, 9.17) is 5.26 Å². The molecule has 0 saturated carbocycles. The van der Waals surface area contributed by atoms with Crippen molar-refractivity contribution in [1.82, 2.24) is 15.3 Å². The van der Waals surface area contributed by atoms with E-state index in [-0.39, 0.29) is 23.8 Å². The number of nitrogens with one attached hydrogen (secondary N) is 2. The molecular weight excluding hydrogens is 413 g/mol. The predicted octanol–water partition coefficient (Wildman–Crippen LogP) is 2.34. The van der Waals surface area contributed by atoms with Crippen molar-refractivity contribution in [2.24, 2.45) is 5.92 Å². The van der Waals surface area contributed by atoms with Gasteiger partial charge in [-0.1, -0.05) is 6.07 Å². The van der Waals surface area contributed by atoms with Gasteiger partial charge >= 0.3 is 18.0 Å². The Labute approximate surface area is 176 Å². The van der Waals surface area contributed by atoms with E-state index in [1.54, 1.807) is 0 Å². The van der Waals surface area contributed by atoms with Crippen molar-refractivity contribution < 1.29 is 22.8 Å². The fraction of sp³-hybridized carbons (Fsp3) is 0.350. The van der Waals surface area contributed by atoms with Gasteiger partial charge in [0.1, 0.15) is 6.07 Å². The first-order chi connectivity index (χ1) is 14.8. The molecule has 3 rings (SSSR count). The molecule has 8 nitrogen and oxygen atoms in total. The lowest BCUT2D eigenvalue weighted by molar-refractivity contribution is -0.137. The molecule has 2 aromatic rings. The van der Waals surface area contributed by atoms with E-state index in [9.17, 15) is 22.8 Å². The highest BCUT2D eigenvalue weighted by Gasteiger charge is 2.30. The number of anilines is 2. The molecular formula is C20H19F3N6O2. The Hall–Kier alpha value is -3.68. The van der Waals surface area contributed by atoms with Crippen LogP contribution in [0.2, 0.25) is 0 Å². The van der Waals surface area contributed by atoms with Gasteiger partial charge in [-0.25, -0.2) is 9.97 Å². The van der Waals surface area contributed by atoms with E-state index < -0.39 is 23.6 Å². The maximum atomic E-state index is 12.8. The molecule has 1 aliphatic heterocycles. The normalized spacial score (nSPS) is 14.6. The number of nitriles is 1. The SMILES string of the molecule is N#Cc1nccnc1N1CCC(CNC(=O)C(=O)Nc2cccc(C(F)(F)F)c2)CC1. The summed E-state index contributed by atoms with van der Waals surface area (Å²) in [6.07, 6.45) is -0.161. The van der Waals surface area contributed by atoms with Crippen LogP contribution in [-0.4, -0.2) is 41.4 Å². The number of piperidine rings is 1. The van der Waals surface area contributed by atoms with E-state index in [0.29, 0.717) is 31.7 Å². The number of halogens is 3. The Morgan fingerprint density at radius 1 is 1.16 bits per heavy atom. The summed E-state index contributed by atoms with van der Waals surface area (Å²) < 4.78 is 38.3. The summed E-state index contributed by atoms with van der Waals surface area (Å²) in [5, 5.41) is 13.8. The van der Waals surface area contributed by atoms with Gasteiger partial charge in [-0.2, -0.15) is 18.4 Å². The zero-order chi connectivity index (χ0) is 22.4. The van der Waals surface area contributed by atoms with Crippen LogP contribution in [-0.2, 0) is 15.8 Å². The molecule has 0 bridgehead atoms. The number of benzene rings is 1. The molecule has 1 saturated heterocycles. The monoisotopic (exact) mass is 432 g/mol. The molecule has 0 unspecified atom stereocenters. The Bertz CT molecular complexity index is 997. The minimum Gasteiger partial charge on any atom is -0.354 e. The number of nitrogens with zero attached hydrogens (tertiary/aromatic N) is 4. The molecule has 1 aromatic carbocycles. The lowest BCUT2D eigenvalue weighted by atomic mass is 9.96. The first kappa shape index (κ1) is 22.0. The fourth-order valence-electron chi connectivity index (χ4n) is 3.27. The first-order valence-electron chi connectivity index (χ1n) is 9.50. The summed E-state index contributed by atoms with van der Waals surface area (Å²) in [6.45, 7) is 1.49. The smallest absolute Gasteiger partial charge is 0.354 e. The summed E-state index contributed by atoms with van der Waals surface area (Å²) in [5.41, 5.74) is -0.777. The van der Waals surface area contributed by atoms with Gasteiger partial charge in [0.05, 0.1) is 5.56 Å². The lowest BCUT2D eigenvalue weighted by Gasteiger charge is -2.32. The third kappa shape index (κ3) is 5.69. The Morgan fingerprint density at radius 2 is 1.87 bits per heavy atom. The molecule has 2 N–H and O–H groups in total. The number of carbonyl (C=O) groups excluding carboxylic acids is 2. The van der Waals surface area contributed by atoms with Crippen LogP contribution < -0.4 is 15.5 Å². The molecule has 1 aromatic heterocycles.